The molecular weight excluding hydrogens is 312 g/mol. The van der Waals surface area contributed by atoms with Crippen LogP contribution in [0, 0.1) is 0 Å². The van der Waals surface area contributed by atoms with Crippen molar-refractivity contribution in [2.75, 3.05) is 39.6 Å². The van der Waals surface area contributed by atoms with E-state index in [9.17, 15) is 0 Å². The minimum Gasteiger partial charge on any atom is -0.368 e. The molecule has 0 atom stereocenters. The summed E-state index contributed by atoms with van der Waals surface area (Å²) in [6.45, 7) is 4.64. The molecule has 0 aromatic heterocycles. The molecule has 0 N–H and O–H groups in total. The van der Waals surface area contributed by atoms with Crippen molar-refractivity contribution in [2.24, 2.45) is 0 Å². The maximum absolute atomic E-state index is 6.43. The number of rotatable bonds is 0. The Morgan fingerprint density at radius 2 is 0.417 bits per heavy atom. The van der Waals surface area contributed by atoms with Crippen LogP contribution in [0.5, 0.6) is 0 Å². The molecule has 7 rings (SSSR count). The van der Waals surface area contributed by atoms with Crippen LogP contribution in [0.1, 0.15) is 38.5 Å². The van der Waals surface area contributed by atoms with Crippen LogP contribution in [0.4, 0.5) is 0 Å². The summed E-state index contributed by atoms with van der Waals surface area (Å²) in [6, 6.07) is 0. The van der Waals surface area contributed by atoms with Crippen molar-refractivity contribution < 1.29 is 28.4 Å². The van der Waals surface area contributed by atoms with Gasteiger partial charge in [-0.15, -0.1) is 0 Å². The van der Waals surface area contributed by atoms with E-state index in [1.54, 1.807) is 0 Å². The van der Waals surface area contributed by atoms with Crippen molar-refractivity contribution in [1.82, 2.24) is 0 Å². The van der Waals surface area contributed by atoms with E-state index in [0.717, 1.165) is 78.2 Å². The standard InChI is InChI=1S/C18H24O6/c1-7-19-13(1)14(2-8-20-14)16(4-10-22-16)18(6-12-24-18)17(5-11-23-17)15(13)3-9-21-15/h1-12H2. The summed E-state index contributed by atoms with van der Waals surface area (Å²) in [4.78, 5) is 0. The lowest BCUT2D eigenvalue weighted by Crippen LogP contribution is -3.04. The van der Waals surface area contributed by atoms with Crippen LogP contribution in [-0.4, -0.2) is 73.2 Å². The lowest BCUT2D eigenvalue weighted by molar-refractivity contribution is -0.563. The van der Waals surface area contributed by atoms with E-state index in [1.165, 1.54) is 0 Å². The van der Waals surface area contributed by atoms with Crippen molar-refractivity contribution in [2.45, 2.75) is 72.1 Å². The average Bonchev–Trinajstić information content (AvgIpc) is 2.31. The number of hydrogen-bond donors (Lipinski definition) is 0. The molecule has 0 aromatic rings. The fourth-order valence-corrected chi connectivity index (χ4v) is 7.62. The number of ether oxygens (including phenoxy) is 6. The molecule has 6 heteroatoms. The Morgan fingerprint density at radius 3 is 0.458 bits per heavy atom. The van der Waals surface area contributed by atoms with Gasteiger partial charge in [-0.25, -0.2) is 0 Å². The van der Waals surface area contributed by atoms with Crippen molar-refractivity contribution in [3.8, 4) is 0 Å². The topological polar surface area (TPSA) is 55.4 Å². The molecule has 6 saturated heterocycles. The summed E-state index contributed by atoms with van der Waals surface area (Å²) >= 11 is 0. The normalized spacial score (nSPS) is 66.0. The average molecular weight is 336 g/mol. The maximum Gasteiger partial charge on any atom is 0.134 e. The van der Waals surface area contributed by atoms with Gasteiger partial charge in [0.25, 0.3) is 0 Å². The molecule has 1 aliphatic carbocycles. The van der Waals surface area contributed by atoms with Gasteiger partial charge in [0.05, 0.1) is 39.6 Å². The van der Waals surface area contributed by atoms with E-state index in [0.29, 0.717) is 0 Å². The molecule has 0 radical (unpaired) electrons. The van der Waals surface area contributed by atoms with Crippen LogP contribution < -0.4 is 0 Å². The van der Waals surface area contributed by atoms with E-state index < -0.39 is 33.6 Å². The largest absolute Gasteiger partial charge is 0.368 e. The molecule has 6 nitrogen and oxygen atoms in total. The Kier molecular flexibility index (Phi) is 2.16. The van der Waals surface area contributed by atoms with E-state index >= 15 is 0 Å². The number of fused-ring (bicyclic) bond motifs is 6. The van der Waals surface area contributed by atoms with Gasteiger partial charge < -0.3 is 28.4 Å². The summed E-state index contributed by atoms with van der Waals surface area (Å²) in [7, 11) is 0. The monoisotopic (exact) mass is 336 g/mol. The summed E-state index contributed by atoms with van der Waals surface area (Å²) in [5, 5.41) is 0. The summed E-state index contributed by atoms with van der Waals surface area (Å²) in [5.41, 5.74) is -2.57. The predicted octanol–water partition coefficient (Wildman–Crippen LogP) is 0.955. The Balaban J connectivity index is 1.53. The molecule has 6 spiro atoms. The second-order valence-corrected chi connectivity index (χ2v) is 8.55. The van der Waals surface area contributed by atoms with E-state index in [1.807, 2.05) is 0 Å². The first-order valence-corrected chi connectivity index (χ1v) is 9.58. The van der Waals surface area contributed by atoms with Gasteiger partial charge >= 0.3 is 0 Å². The van der Waals surface area contributed by atoms with Gasteiger partial charge in [0.1, 0.15) is 33.6 Å². The second-order valence-electron chi connectivity index (χ2n) is 8.55. The molecule has 6 aliphatic heterocycles. The third kappa shape index (κ3) is 0.906. The van der Waals surface area contributed by atoms with Crippen LogP contribution in [0.3, 0.4) is 0 Å². The highest BCUT2D eigenvalue weighted by Crippen LogP contribution is 2.78. The SMILES string of the molecule is C1CC2(O1)C1(CCO1)C1(CCO1)C1(CCO1)C1(CCO1)C21CCO1. The Bertz CT molecular complexity index is 441. The molecule has 0 bridgehead atoms. The van der Waals surface area contributed by atoms with Gasteiger partial charge in [-0.2, -0.15) is 0 Å². The van der Waals surface area contributed by atoms with Gasteiger partial charge in [-0.3, -0.25) is 0 Å². The van der Waals surface area contributed by atoms with Gasteiger partial charge in [0.2, 0.25) is 0 Å². The van der Waals surface area contributed by atoms with Crippen LogP contribution in [0.15, 0.2) is 0 Å². The first-order valence-electron chi connectivity index (χ1n) is 9.58. The molecule has 7 aliphatic rings. The van der Waals surface area contributed by atoms with Crippen molar-refractivity contribution in [3.05, 3.63) is 0 Å². The molecular formula is C18H24O6. The van der Waals surface area contributed by atoms with Gasteiger partial charge in [-0.1, -0.05) is 0 Å². The van der Waals surface area contributed by atoms with Gasteiger partial charge in [0, 0.05) is 38.5 Å². The van der Waals surface area contributed by atoms with E-state index in [4.69, 9.17) is 28.4 Å². The third-order valence-corrected chi connectivity index (χ3v) is 8.73. The Labute approximate surface area is 141 Å². The zero-order valence-corrected chi connectivity index (χ0v) is 13.9. The van der Waals surface area contributed by atoms with Gasteiger partial charge in [-0.05, 0) is 0 Å². The smallest absolute Gasteiger partial charge is 0.134 e. The fourth-order valence-electron chi connectivity index (χ4n) is 7.62. The first kappa shape index (κ1) is 13.9. The molecule has 1 saturated carbocycles. The minimum absolute atomic E-state index is 0.429. The molecule has 24 heavy (non-hydrogen) atoms. The van der Waals surface area contributed by atoms with Crippen LogP contribution >= 0.6 is 0 Å². The van der Waals surface area contributed by atoms with Crippen LogP contribution in [0.25, 0.3) is 0 Å². The molecule has 6 heterocycles. The minimum atomic E-state index is -0.429. The number of hydrogen-bond acceptors (Lipinski definition) is 6. The summed E-state index contributed by atoms with van der Waals surface area (Å²) in [6.07, 6.45) is 5.83. The highest BCUT2D eigenvalue weighted by atomic mass is 16.7. The predicted molar refractivity (Wildman–Crippen MR) is 79.8 cm³/mol. The Morgan fingerprint density at radius 1 is 0.292 bits per heavy atom. The quantitative estimate of drug-likeness (QED) is 0.657. The zero-order valence-electron chi connectivity index (χ0n) is 13.9. The lowest BCUT2D eigenvalue weighted by atomic mass is 9.36. The first-order chi connectivity index (χ1) is 11.7. The molecule has 7 fully saturated rings. The zero-order chi connectivity index (χ0) is 15.7. The fraction of sp³-hybridized carbons (Fsp3) is 1.00. The van der Waals surface area contributed by atoms with Gasteiger partial charge in [0.15, 0.2) is 0 Å². The molecule has 0 amide bonds. The second kappa shape index (κ2) is 3.73. The Hall–Kier alpha value is -0.240. The van der Waals surface area contributed by atoms with Crippen molar-refractivity contribution in [1.29, 1.82) is 0 Å². The van der Waals surface area contributed by atoms with E-state index in [-0.39, 0.29) is 0 Å². The van der Waals surface area contributed by atoms with Crippen molar-refractivity contribution >= 4 is 0 Å². The lowest BCUT2D eigenvalue weighted by Gasteiger charge is -2.87. The third-order valence-electron chi connectivity index (χ3n) is 8.73. The molecule has 132 valence electrons. The molecule has 0 aromatic carbocycles. The van der Waals surface area contributed by atoms with Crippen LogP contribution in [-0.2, 0) is 28.4 Å². The highest BCUT2D eigenvalue weighted by Gasteiger charge is 2.97. The maximum atomic E-state index is 6.43. The summed E-state index contributed by atoms with van der Waals surface area (Å²) < 4.78 is 38.6. The summed E-state index contributed by atoms with van der Waals surface area (Å²) in [5.74, 6) is 0. The van der Waals surface area contributed by atoms with E-state index in [2.05, 4.69) is 0 Å². The van der Waals surface area contributed by atoms with Crippen LogP contribution in [0.2, 0.25) is 0 Å². The molecule has 0 unspecified atom stereocenters. The highest BCUT2D eigenvalue weighted by molar-refractivity contribution is 5.46. The van der Waals surface area contributed by atoms with Crippen molar-refractivity contribution in [3.63, 3.8) is 0 Å².